The molecule has 0 radical (unpaired) electrons. The quantitative estimate of drug-likeness (QED) is 0.455. The molecule has 0 heterocycles. The van der Waals surface area contributed by atoms with E-state index >= 15 is 0 Å². The number of hydrogen-bond acceptors (Lipinski definition) is 1. The van der Waals surface area contributed by atoms with Crippen molar-refractivity contribution in [2.75, 3.05) is 0 Å². The Balaban J connectivity index is 4.24. The fourth-order valence-corrected chi connectivity index (χ4v) is 0.344. The highest BCUT2D eigenvalue weighted by Gasteiger charge is 1.88. The largest absolute Gasteiger partial charge is 0.478 e. The highest BCUT2D eigenvalue weighted by atomic mass is 16.4. The molecule has 0 aromatic heterocycles. The van der Waals surface area contributed by atoms with Gasteiger partial charge >= 0.3 is 5.97 Å². The van der Waals surface area contributed by atoms with Crippen LogP contribution >= 0.6 is 0 Å². The number of carbonyl (C=O) groups is 1. The summed E-state index contributed by atoms with van der Waals surface area (Å²) >= 11 is 0. The van der Waals surface area contributed by atoms with E-state index in [-0.39, 0.29) is 0 Å². The molecule has 0 bridgehead atoms. The maximum Gasteiger partial charge on any atom is 0.328 e. The van der Waals surface area contributed by atoms with Crippen LogP contribution in [-0.2, 0) is 4.79 Å². The zero-order valence-electron chi connectivity index (χ0n) is 5.00. The Labute approximate surface area is 53.8 Å². The van der Waals surface area contributed by atoms with Gasteiger partial charge in [0.05, 0.1) is 0 Å². The molecule has 0 aromatic carbocycles. The molecule has 0 atom stereocenters. The van der Waals surface area contributed by atoms with Crippen LogP contribution in [0.4, 0.5) is 0 Å². The van der Waals surface area contributed by atoms with Gasteiger partial charge in [0, 0.05) is 6.08 Å². The minimum Gasteiger partial charge on any atom is -0.478 e. The number of allylic oxidation sites excluding steroid dienone is 3. The molecule has 0 fully saturated rings. The molecular formula is C7H8O2. The van der Waals surface area contributed by atoms with E-state index in [2.05, 4.69) is 13.2 Å². The van der Waals surface area contributed by atoms with Gasteiger partial charge in [0.1, 0.15) is 0 Å². The lowest BCUT2D eigenvalue weighted by Gasteiger charge is -1.85. The fraction of sp³-hybridized carbons (Fsp3) is 0. The van der Waals surface area contributed by atoms with Crippen molar-refractivity contribution < 1.29 is 9.90 Å². The van der Waals surface area contributed by atoms with Gasteiger partial charge in [-0.05, 0) is 5.57 Å². The molecule has 0 spiro atoms. The maximum absolute atomic E-state index is 9.96. The minimum atomic E-state index is -0.982. The van der Waals surface area contributed by atoms with Gasteiger partial charge in [-0.2, -0.15) is 0 Å². The molecule has 0 amide bonds. The first kappa shape index (κ1) is 7.69. The molecule has 2 heteroatoms. The lowest BCUT2D eigenvalue weighted by atomic mass is 10.2. The predicted molar refractivity (Wildman–Crippen MR) is 36.1 cm³/mol. The van der Waals surface area contributed by atoms with Gasteiger partial charge in [-0.3, -0.25) is 0 Å². The Hall–Kier alpha value is -1.31. The van der Waals surface area contributed by atoms with Crippen molar-refractivity contribution in [3.63, 3.8) is 0 Å². The SMILES string of the molecule is C=CC(C=C)=CC(=O)O. The number of rotatable bonds is 3. The van der Waals surface area contributed by atoms with Gasteiger partial charge in [-0.25, -0.2) is 4.79 Å². The van der Waals surface area contributed by atoms with Crippen LogP contribution in [0.5, 0.6) is 0 Å². The molecule has 0 saturated heterocycles. The summed E-state index contributed by atoms with van der Waals surface area (Å²) in [5, 5.41) is 8.17. The summed E-state index contributed by atoms with van der Waals surface area (Å²) in [6.45, 7) is 6.76. The Morgan fingerprint density at radius 1 is 1.33 bits per heavy atom. The monoisotopic (exact) mass is 124 g/mol. The standard InChI is InChI=1S/C7H8O2/c1-3-6(4-2)5-7(8)9/h3-5H,1-2H2,(H,8,9). The average Bonchev–Trinajstić information content (AvgIpc) is 1.82. The van der Waals surface area contributed by atoms with Crippen LogP contribution in [0.2, 0.25) is 0 Å². The molecule has 48 valence electrons. The lowest BCUT2D eigenvalue weighted by Crippen LogP contribution is -1.87. The molecule has 0 aliphatic carbocycles. The molecule has 0 aliphatic heterocycles. The second kappa shape index (κ2) is 3.66. The first-order chi connectivity index (χ1) is 4.20. The topological polar surface area (TPSA) is 37.3 Å². The Morgan fingerprint density at radius 3 is 1.89 bits per heavy atom. The summed E-state index contributed by atoms with van der Waals surface area (Å²) < 4.78 is 0. The molecule has 0 unspecified atom stereocenters. The van der Waals surface area contributed by atoms with Crippen molar-refractivity contribution in [2.24, 2.45) is 0 Å². The lowest BCUT2D eigenvalue weighted by molar-refractivity contribution is -0.131. The number of carboxylic acid groups (broad SMARTS) is 1. The zero-order valence-corrected chi connectivity index (χ0v) is 5.00. The van der Waals surface area contributed by atoms with E-state index in [9.17, 15) is 4.79 Å². The second-order valence-electron chi connectivity index (χ2n) is 1.39. The first-order valence-corrected chi connectivity index (χ1v) is 2.40. The third-order valence-corrected chi connectivity index (χ3v) is 0.762. The number of carboxylic acids is 1. The van der Waals surface area contributed by atoms with Crippen LogP contribution in [0.15, 0.2) is 37.0 Å². The summed E-state index contributed by atoms with van der Waals surface area (Å²) in [6.07, 6.45) is 3.90. The summed E-state index contributed by atoms with van der Waals surface area (Å²) in [5.74, 6) is -0.982. The van der Waals surface area contributed by atoms with Crippen molar-refractivity contribution in [3.8, 4) is 0 Å². The first-order valence-electron chi connectivity index (χ1n) is 2.40. The minimum absolute atomic E-state index is 0.516. The van der Waals surface area contributed by atoms with E-state index in [1.165, 1.54) is 12.2 Å². The van der Waals surface area contributed by atoms with Crippen LogP contribution in [0, 0.1) is 0 Å². The van der Waals surface area contributed by atoms with Gasteiger partial charge < -0.3 is 5.11 Å². The summed E-state index contributed by atoms with van der Waals surface area (Å²) in [5.41, 5.74) is 0.516. The Morgan fingerprint density at radius 2 is 1.78 bits per heavy atom. The van der Waals surface area contributed by atoms with E-state index in [0.29, 0.717) is 5.57 Å². The van der Waals surface area contributed by atoms with Gasteiger partial charge in [0.2, 0.25) is 0 Å². The second-order valence-corrected chi connectivity index (χ2v) is 1.39. The Bertz CT molecular complexity index is 156. The van der Waals surface area contributed by atoms with Crippen molar-refractivity contribution in [2.45, 2.75) is 0 Å². The van der Waals surface area contributed by atoms with E-state index in [4.69, 9.17) is 5.11 Å². The summed E-state index contributed by atoms with van der Waals surface area (Å²) in [4.78, 5) is 9.96. The van der Waals surface area contributed by atoms with Gasteiger partial charge in [-0.1, -0.05) is 25.3 Å². The van der Waals surface area contributed by atoms with Crippen LogP contribution < -0.4 is 0 Å². The molecule has 2 nitrogen and oxygen atoms in total. The summed E-state index contributed by atoms with van der Waals surface area (Å²) in [7, 11) is 0. The van der Waals surface area contributed by atoms with Crippen LogP contribution in [-0.4, -0.2) is 11.1 Å². The van der Waals surface area contributed by atoms with Crippen molar-refractivity contribution in [3.05, 3.63) is 37.0 Å². The van der Waals surface area contributed by atoms with Crippen LogP contribution in [0.1, 0.15) is 0 Å². The fourth-order valence-electron chi connectivity index (χ4n) is 0.344. The molecule has 0 aliphatic rings. The smallest absolute Gasteiger partial charge is 0.328 e. The molecule has 1 N–H and O–H groups in total. The molecule has 0 rings (SSSR count). The van der Waals surface area contributed by atoms with E-state index in [1.807, 2.05) is 0 Å². The maximum atomic E-state index is 9.96. The summed E-state index contributed by atoms with van der Waals surface area (Å²) in [6, 6.07) is 0. The molecule has 9 heavy (non-hydrogen) atoms. The highest BCUT2D eigenvalue weighted by molar-refractivity contribution is 5.81. The Kier molecular flexibility index (Phi) is 3.13. The molecule has 0 aromatic rings. The average molecular weight is 124 g/mol. The van der Waals surface area contributed by atoms with Crippen molar-refractivity contribution in [1.29, 1.82) is 0 Å². The van der Waals surface area contributed by atoms with Crippen LogP contribution in [0.3, 0.4) is 0 Å². The molecule has 0 saturated carbocycles. The molecular weight excluding hydrogens is 116 g/mol. The van der Waals surface area contributed by atoms with Gasteiger partial charge in [0.25, 0.3) is 0 Å². The third kappa shape index (κ3) is 3.29. The van der Waals surface area contributed by atoms with Crippen LogP contribution in [0.25, 0.3) is 0 Å². The van der Waals surface area contributed by atoms with E-state index < -0.39 is 5.97 Å². The van der Waals surface area contributed by atoms with Crippen molar-refractivity contribution in [1.82, 2.24) is 0 Å². The third-order valence-electron chi connectivity index (χ3n) is 0.762. The van der Waals surface area contributed by atoms with Gasteiger partial charge in [0.15, 0.2) is 0 Å². The van der Waals surface area contributed by atoms with Gasteiger partial charge in [-0.15, -0.1) is 0 Å². The zero-order chi connectivity index (χ0) is 7.28. The number of hydrogen-bond donors (Lipinski definition) is 1. The van der Waals surface area contributed by atoms with Crippen molar-refractivity contribution >= 4 is 5.97 Å². The predicted octanol–water partition coefficient (Wildman–Crippen LogP) is 1.37. The van der Waals surface area contributed by atoms with E-state index in [1.54, 1.807) is 0 Å². The normalized spacial score (nSPS) is 7.56. The number of aliphatic carboxylic acids is 1. The highest BCUT2D eigenvalue weighted by Crippen LogP contribution is 1.94. The van der Waals surface area contributed by atoms with E-state index in [0.717, 1.165) is 6.08 Å².